The highest BCUT2D eigenvalue weighted by molar-refractivity contribution is 7.18. The summed E-state index contributed by atoms with van der Waals surface area (Å²) in [6.45, 7) is 8.33. The molecule has 2 N–H and O–H groups in total. The predicted octanol–water partition coefficient (Wildman–Crippen LogP) is 6.67. The maximum atomic E-state index is 11.0. The number of rotatable bonds is 9. The molecule has 40 heavy (non-hydrogen) atoms. The van der Waals surface area contributed by atoms with Crippen molar-refractivity contribution in [1.82, 2.24) is 9.88 Å². The van der Waals surface area contributed by atoms with Crippen LogP contribution in [-0.2, 0) is 22.4 Å². The summed E-state index contributed by atoms with van der Waals surface area (Å²) in [5.41, 5.74) is 4.85. The average Bonchev–Trinajstić information content (AvgIpc) is 3.33. The molecule has 0 saturated carbocycles. The van der Waals surface area contributed by atoms with Crippen LogP contribution in [-0.4, -0.2) is 64.0 Å². The zero-order chi connectivity index (χ0) is 29.6. The predicted molar refractivity (Wildman–Crippen MR) is 148 cm³/mol. The van der Waals surface area contributed by atoms with E-state index in [0.717, 1.165) is 34.8 Å². The third-order valence-electron chi connectivity index (χ3n) is 6.19. The molecule has 1 aliphatic rings. The Bertz CT molecular complexity index is 1340. The average molecular weight is 599 g/mol. The number of nitrogens with zero attached hydrogens (tertiary/aromatic N) is 2. The number of carboxylic acids is 2. The Labute approximate surface area is 239 Å². The van der Waals surface area contributed by atoms with Crippen LogP contribution in [0.5, 0.6) is 5.75 Å². The molecule has 0 amide bonds. The lowest BCUT2D eigenvalue weighted by molar-refractivity contribution is -0.192. The van der Waals surface area contributed by atoms with Gasteiger partial charge >= 0.3 is 18.1 Å². The second-order valence-electron chi connectivity index (χ2n) is 9.49. The van der Waals surface area contributed by atoms with Gasteiger partial charge in [0.1, 0.15) is 10.8 Å². The van der Waals surface area contributed by atoms with Gasteiger partial charge in [-0.15, -0.1) is 11.3 Å². The zero-order valence-electron chi connectivity index (χ0n) is 22.2. The van der Waals surface area contributed by atoms with Gasteiger partial charge in [0, 0.05) is 31.4 Å². The molecule has 1 fully saturated rings. The van der Waals surface area contributed by atoms with Crippen molar-refractivity contribution < 1.29 is 37.7 Å². The number of carbonyl (C=O) groups is 2. The minimum absolute atomic E-state index is 0.0687. The summed E-state index contributed by atoms with van der Waals surface area (Å²) in [5.74, 6) is -2.97. The molecule has 1 aliphatic heterocycles. The first-order chi connectivity index (χ1) is 18.8. The van der Waals surface area contributed by atoms with Gasteiger partial charge in [-0.3, -0.25) is 4.79 Å². The molecule has 0 aliphatic carbocycles. The lowest BCUT2D eigenvalue weighted by Crippen LogP contribution is -2.50. The molecule has 0 bridgehead atoms. The van der Waals surface area contributed by atoms with Crippen molar-refractivity contribution in [3.8, 4) is 26.8 Å². The van der Waals surface area contributed by atoms with E-state index in [1.54, 1.807) is 11.3 Å². The molecule has 0 atom stereocenters. The van der Waals surface area contributed by atoms with Gasteiger partial charge in [0.25, 0.3) is 0 Å². The van der Waals surface area contributed by atoms with E-state index in [-0.39, 0.29) is 12.0 Å². The molecule has 4 rings (SSSR count). The lowest BCUT2D eigenvalue weighted by atomic mass is 9.94. The normalized spacial score (nSPS) is 13.9. The van der Waals surface area contributed by atoms with Crippen molar-refractivity contribution in [2.24, 2.45) is 5.92 Å². The van der Waals surface area contributed by atoms with Crippen LogP contribution < -0.4 is 4.74 Å². The van der Waals surface area contributed by atoms with Gasteiger partial charge in [-0.2, -0.15) is 13.2 Å². The van der Waals surface area contributed by atoms with Crippen LogP contribution in [0.2, 0.25) is 5.02 Å². The number of aliphatic carboxylic acids is 2. The topological polar surface area (TPSA) is 100.0 Å². The Morgan fingerprint density at radius 1 is 1.20 bits per heavy atom. The molecule has 3 aromatic rings. The highest BCUT2D eigenvalue weighted by Crippen LogP contribution is 2.37. The quantitative estimate of drug-likeness (QED) is 0.284. The fourth-order valence-corrected chi connectivity index (χ4v) is 5.41. The summed E-state index contributed by atoms with van der Waals surface area (Å²) in [7, 11) is 0. The molecule has 1 saturated heterocycles. The second kappa shape index (κ2) is 13.5. The number of likely N-dealkylation sites (tertiary alicyclic amines) is 1. The summed E-state index contributed by atoms with van der Waals surface area (Å²) in [4.78, 5) is 28.0. The smallest absolute Gasteiger partial charge is 0.489 e. The van der Waals surface area contributed by atoms with Crippen LogP contribution >= 0.6 is 22.9 Å². The van der Waals surface area contributed by atoms with Gasteiger partial charge in [-0.1, -0.05) is 36.7 Å². The van der Waals surface area contributed by atoms with E-state index in [1.807, 2.05) is 38.2 Å². The number of benzene rings is 2. The number of thiazole rings is 1. The van der Waals surface area contributed by atoms with Crippen molar-refractivity contribution in [3.05, 3.63) is 58.7 Å². The molecular formula is C28H30ClF3N2O5S. The van der Waals surface area contributed by atoms with Crippen molar-refractivity contribution in [3.63, 3.8) is 0 Å². The largest absolute Gasteiger partial charge is 0.490 e. The maximum absolute atomic E-state index is 11.0. The molecule has 2 aromatic carbocycles. The van der Waals surface area contributed by atoms with Gasteiger partial charge < -0.3 is 19.8 Å². The highest BCUT2D eigenvalue weighted by atomic mass is 35.5. The fraction of sp³-hybridized carbons (Fsp3) is 0.393. The number of hydrogen-bond donors (Lipinski definition) is 2. The van der Waals surface area contributed by atoms with Crippen molar-refractivity contribution in [1.29, 1.82) is 0 Å². The van der Waals surface area contributed by atoms with Gasteiger partial charge in [-0.05, 0) is 61.6 Å². The number of halogens is 4. The highest BCUT2D eigenvalue weighted by Gasteiger charge is 2.38. The van der Waals surface area contributed by atoms with Crippen LogP contribution in [0.3, 0.4) is 0 Å². The second-order valence-corrected chi connectivity index (χ2v) is 10.9. The number of alkyl halides is 3. The monoisotopic (exact) mass is 598 g/mol. The zero-order valence-corrected chi connectivity index (χ0v) is 23.7. The van der Waals surface area contributed by atoms with Crippen molar-refractivity contribution in [2.75, 3.05) is 19.6 Å². The van der Waals surface area contributed by atoms with Gasteiger partial charge in [0.05, 0.1) is 21.9 Å². The summed E-state index contributed by atoms with van der Waals surface area (Å²) >= 11 is 8.10. The van der Waals surface area contributed by atoms with Gasteiger partial charge in [0.2, 0.25) is 0 Å². The molecular weight excluding hydrogens is 569 g/mol. The Kier molecular flexibility index (Phi) is 10.6. The Morgan fingerprint density at radius 2 is 1.88 bits per heavy atom. The molecule has 216 valence electrons. The maximum Gasteiger partial charge on any atom is 0.490 e. The van der Waals surface area contributed by atoms with E-state index >= 15 is 0 Å². The van der Waals surface area contributed by atoms with E-state index in [9.17, 15) is 18.0 Å². The minimum atomic E-state index is -5.08. The number of hydrogen-bond acceptors (Lipinski definition) is 6. The molecule has 0 spiro atoms. The van der Waals surface area contributed by atoms with E-state index in [1.165, 1.54) is 16.7 Å². The van der Waals surface area contributed by atoms with E-state index in [2.05, 4.69) is 35.0 Å². The first-order valence-electron chi connectivity index (χ1n) is 12.6. The number of carboxylic acid groups (broad SMARTS) is 2. The molecule has 0 unspecified atom stereocenters. The van der Waals surface area contributed by atoms with Gasteiger partial charge in [-0.25, -0.2) is 9.78 Å². The molecule has 0 radical (unpaired) electrons. The van der Waals surface area contributed by atoms with Crippen molar-refractivity contribution in [2.45, 2.75) is 45.9 Å². The third kappa shape index (κ3) is 8.18. The molecule has 12 heteroatoms. The summed E-state index contributed by atoms with van der Waals surface area (Å²) in [6, 6.07) is 12.3. The van der Waals surface area contributed by atoms with E-state index in [4.69, 9.17) is 31.3 Å². The summed E-state index contributed by atoms with van der Waals surface area (Å²) in [5, 5.41) is 17.7. The first-order valence-corrected chi connectivity index (χ1v) is 13.8. The Balaban J connectivity index is 0.000000559. The standard InChI is InChI=1S/C26H29ClN2O3S.C2HF3O2/c1-4-20-17(10-11-29-14-19(15-29)26(30)31)6-5-7-21(20)24-13-28-25(33-24)18-8-9-23(22(27)12-18)32-16(2)3;3-2(4,5)1(6)7/h5-9,12-13,16,19H,4,10-11,14-15H2,1-3H3,(H,30,31);(H,6,7). The van der Waals surface area contributed by atoms with Crippen molar-refractivity contribution >= 4 is 34.9 Å². The summed E-state index contributed by atoms with van der Waals surface area (Å²) in [6.07, 6.45) is -1.22. The molecule has 1 aromatic heterocycles. The third-order valence-corrected chi connectivity index (χ3v) is 7.56. The van der Waals surface area contributed by atoms with Crippen LogP contribution in [0.1, 0.15) is 31.9 Å². The fourth-order valence-electron chi connectivity index (χ4n) is 4.22. The van der Waals surface area contributed by atoms with Gasteiger partial charge in [0.15, 0.2) is 0 Å². The Hall–Kier alpha value is -3.15. The number of aromatic nitrogens is 1. The number of ether oxygens (including phenoxy) is 1. The van der Waals surface area contributed by atoms with Crippen LogP contribution in [0.25, 0.3) is 21.0 Å². The van der Waals surface area contributed by atoms with Crippen LogP contribution in [0.4, 0.5) is 13.2 Å². The SMILES string of the molecule is CCc1c(CCN2CC(C(=O)O)C2)cccc1-c1cnc(-c2ccc(OC(C)C)c(Cl)c2)s1.O=C(O)C(F)(F)F. The minimum Gasteiger partial charge on any atom is -0.489 e. The lowest BCUT2D eigenvalue weighted by Gasteiger charge is -2.36. The van der Waals surface area contributed by atoms with Crippen LogP contribution in [0, 0.1) is 5.92 Å². The first kappa shape index (κ1) is 31.4. The molecule has 2 heterocycles. The van der Waals surface area contributed by atoms with E-state index < -0.39 is 18.1 Å². The van der Waals surface area contributed by atoms with E-state index in [0.29, 0.717) is 23.9 Å². The summed E-state index contributed by atoms with van der Waals surface area (Å²) < 4.78 is 37.5. The Morgan fingerprint density at radius 3 is 2.42 bits per heavy atom. The van der Waals surface area contributed by atoms with Crippen LogP contribution in [0.15, 0.2) is 42.6 Å². The molecule has 7 nitrogen and oxygen atoms in total.